The van der Waals surface area contributed by atoms with Gasteiger partial charge in [-0.1, -0.05) is 6.92 Å². The molecule has 0 radical (unpaired) electrons. The van der Waals surface area contributed by atoms with Crippen LogP contribution in [-0.4, -0.2) is 38.5 Å². The van der Waals surface area contributed by atoms with Crippen LogP contribution < -0.4 is 10.0 Å². The van der Waals surface area contributed by atoms with Crippen LogP contribution in [0.25, 0.3) is 0 Å². The van der Waals surface area contributed by atoms with Gasteiger partial charge in [0.05, 0.1) is 6.54 Å². The standard InChI is InChI=1S/C10H13BrN2O6S/c1-2-3-12-8(14)5-13-20(17,18)7-4-6(10(15)16)19-9(7)11/h4,13H,2-3,5H2,1H3,(H,12,14)(H,15,16). The van der Waals surface area contributed by atoms with Crippen LogP contribution in [-0.2, 0) is 14.8 Å². The molecule has 0 saturated heterocycles. The Morgan fingerprint density at radius 3 is 2.60 bits per heavy atom. The molecule has 0 aromatic carbocycles. The monoisotopic (exact) mass is 368 g/mol. The van der Waals surface area contributed by atoms with E-state index in [0.29, 0.717) is 6.54 Å². The van der Waals surface area contributed by atoms with Crippen molar-refractivity contribution in [2.75, 3.05) is 13.1 Å². The van der Waals surface area contributed by atoms with Gasteiger partial charge in [0.15, 0.2) is 4.67 Å². The minimum atomic E-state index is -4.04. The van der Waals surface area contributed by atoms with Crippen LogP contribution in [0, 0.1) is 0 Å². The zero-order valence-corrected chi connectivity index (χ0v) is 12.9. The fourth-order valence-electron chi connectivity index (χ4n) is 1.21. The van der Waals surface area contributed by atoms with Gasteiger partial charge in [0.25, 0.3) is 0 Å². The van der Waals surface area contributed by atoms with Gasteiger partial charge in [-0.2, -0.15) is 0 Å². The van der Waals surface area contributed by atoms with Crippen molar-refractivity contribution in [3.63, 3.8) is 0 Å². The molecule has 20 heavy (non-hydrogen) atoms. The first kappa shape index (κ1) is 16.7. The summed E-state index contributed by atoms with van der Waals surface area (Å²) in [5, 5.41) is 11.2. The van der Waals surface area contributed by atoms with Gasteiger partial charge in [-0.3, -0.25) is 4.79 Å². The van der Waals surface area contributed by atoms with E-state index in [2.05, 4.69) is 26.0 Å². The van der Waals surface area contributed by atoms with Crippen molar-refractivity contribution in [2.24, 2.45) is 0 Å². The van der Waals surface area contributed by atoms with Crippen LogP contribution in [0.15, 0.2) is 20.0 Å². The number of nitrogens with one attached hydrogen (secondary N) is 2. The number of aromatic carboxylic acids is 1. The third-order valence-electron chi connectivity index (χ3n) is 2.15. The Kier molecular flexibility index (Phi) is 5.72. The molecule has 0 unspecified atom stereocenters. The van der Waals surface area contributed by atoms with Gasteiger partial charge in [0.2, 0.25) is 21.7 Å². The zero-order valence-electron chi connectivity index (χ0n) is 10.5. The number of hydrogen-bond acceptors (Lipinski definition) is 5. The Hall–Kier alpha value is -1.39. The first-order chi connectivity index (χ1) is 9.27. The second-order valence-electron chi connectivity index (χ2n) is 3.73. The molecule has 0 aliphatic heterocycles. The molecule has 0 bridgehead atoms. The lowest BCUT2D eigenvalue weighted by Crippen LogP contribution is -2.37. The van der Waals surface area contributed by atoms with E-state index in [1.165, 1.54) is 0 Å². The van der Waals surface area contributed by atoms with Crippen LogP contribution in [0.5, 0.6) is 0 Å². The predicted octanol–water partition coefficient (Wildman–Crippen LogP) is 0.545. The number of carboxylic acids is 1. The largest absolute Gasteiger partial charge is 0.475 e. The number of rotatable bonds is 7. The summed E-state index contributed by atoms with van der Waals surface area (Å²) in [4.78, 5) is 21.6. The molecule has 0 saturated carbocycles. The molecular weight excluding hydrogens is 356 g/mol. The minimum Gasteiger partial charge on any atom is -0.475 e. The molecule has 1 rings (SSSR count). The van der Waals surface area contributed by atoms with Gasteiger partial charge in [0.1, 0.15) is 4.90 Å². The van der Waals surface area contributed by atoms with E-state index in [1.54, 1.807) is 0 Å². The lowest BCUT2D eigenvalue weighted by atomic mass is 10.5. The Morgan fingerprint density at radius 2 is 2.10 bits per heavy atom. The van der Waals surface area contributed by atoms with E-state index in [-0.39, 0.29) is 9.56 Å². The van der Waals surface area contributed by atoms with Crippen LogP contribution in [0.2, 0.25) is 0 Å². The number of amides is 1. The highest BCUT2D eigenvalue weighted by Gasteiger charge is 2.25. The van der Waals surface area contributed by atoms with Crippen LogP contribution in [0.1, 0.15) is 23.9 Å². The predicted molar refractivity (Wildman–Crippen MR) is 71.9 cm³/mol. The summed E-state index contributed by atoms with van der Waals surface area (Å²) >= 11 is 2.82. The number of halogens is 1. The molecule has 10 heteroatoms. The molecule has 0 aliphatic rings. The van der Waals surface area contributed by atoms with E-state index in [9.17, 15) is 18.0 Å². The maximum atomic E-state index is 11.9. The quantitative estimate of drug-likeness (QED) is 0.644. The molecule has 0 aliphatic carbocycles. The summed E-state index contributed by atoms with van der Waals surface area (Å²) < 4.78 is 30.3. The smallest absolute Gasteiger partial charge is 0.371 e. The maximum Gasteiger partial charge on any atom is 0.371 e. The van der Waals surface area contributed by atoms with Crippen molar-refractivity contribution in [3.05, 3.63) is 16.5 Å². The summed E-state index contributed by atoms with van der Waals surface area (Å²) in [6.07, 6.45) is 0.730. The van der Waals surface area contributed by atoms with Crippen molar-refractivity contribution in [1.82, 2.24) is 10.0 Å². The minimum absolute atomic E-state index is 0.239. The van der Waals surface area contributed by atoms with Gasteiger partial charge in [0, 0.05) is 12.6 Å². The normalized spacial score (nSPS) is 11.3. The third kappa shape index (κ3) is 4.32. The number of carbonyl (C=O) groups excluding carboxylic acids is 1. The first-order valence-electron chi connectivity index (χ1n) is 5.57. The van der Waals surface area contributed by atoms with Gasteiger partial charge in [-0.05, 0) is 22.4 Å². The van der Waals surface area contributed by atoms with Crippen molar-refractivity contribution in [3.8, 4) is 0 Å². The lowest BCUT2D eigenvalue weighted by molar-refractivity contribution is -0.119. The molecule has 112 valence electrons. The van der Waals surface area contributed by atoms with E-state index >= 15 is 0 Å². The molecular formula is C10H13BrN2O6S. The Morgan fingerprint density at radius 1 is 1.45 bits per heavy atom. The number of carbonyl (C=O) groups is 2. The van der Waals surface area contributed by atoms with Crippen molar-refractivity contribution >= 4 is 37.8 Å². The maximum absolute atomic E-state index is 11.9. The Balaban J connectivity index is 2.79. The van der Waals surface area contributed by atoms with Crippen molar-refractivity contribution < 1.29 is 27.5 Å². The van der Waals surface area contributed by atoms with Gasteiger partial charge >= 0.3 is 5.97 Å². The summed E-state index contributed by atoms with van der Waals surface area (Å²) in [6.45, 7) is 1.86. The second kappa shape index (κ2) is 6.86. The molecule has 0 atom stereocenters. The average molecular weight is 369 g/mol. The molecule has 1 heterocycles. The Labute approximate surface area is 123 Å². The topological polar surface area (TPSA) is 126 Å². The van der Waals surface area contributed by atoms with Crippen LogP contribution in [0.3, 0.4) is 0 Å². The lowest BCUT2D eigenvalue weighted by Gasteiger charge is -2.05. The highest BCUT2D eigenvalue weighted by molar-refractivity contribution is 9.10. The number of hydrogen-bond donors (Lipinski definition) is 3. The molecule has 1 amide bonds. The molecule has 8 nitrogen and oxygen atoms in total. The summed E-state index contributed by atoms with van der Waals surface area (Å²) in [5.41, 5.74) is 0. The van der Waals surface area contributed by atoms with Crippen molar-refractivity contribution in [1.29, 1.82) is 0 Å². The van der Waals surface area contributed by atoms with E-state index < -0.39 is 34.2 Å². The first-order valence-corrected chi connectivity index (χ1v) is 7.84. The summed E-state index contributed by atoms with van der Waals surface area (Å²) in [6, 6.07) is 0.860. The van der Waals surface area contributed by atoms with Crippen LogP contribution >= 0.6 is 15.9 Å². The van der Waals surface area contributed by atoms with Crippen molar-refractivity contribution in [2.45, 2.75) is 18.2 Å². The zero-order chi connectivity index (χ0) is 15.3. The molecule has 0 spiro atoms. The SMILES string of the molecule is CCCNC(=O)CNS(=O)(=O)c1cc(C(=O)O)oc1Br. The fourth-order valence-corrected chi connectivity index (χ4v) is 3.13. The highest BCUT2D eigenvalue weighted by atomic mass is 79.9. The van der Waals surface area contributed by atoms with E-state index in [1.807, 2.05) is 6.92 Å². The number of sulfonamides is 1. The summed E-state index contributed by atoms with van der Waals surface area (Å²) in [7, 11) is -4.04. The van der Waals surface area contributed by atoms with E-state index in [0.717, 1.165) is 12.5 Å². The molecule has 1 aromatic rings. The number of furan rings is 1. The molecule has 1 aromatic heterocycles. The van der Waals surface area contributed by atoms with Crippen LogP contribution in [0.4, 0.5) is 0 Å². The molecule has 0 fully saturated rings. The average Bonchev–Trinajstić information content (AvgIpc) is 2.77. The second-order valence-corrected chi connectivity index (χ2v) is 6.18. The highest BCUT2D eigenvalue weighted by Crippen LogP contribution is 2.25. The van der Waals surface area contributed by atoms with E-state index in [4.69, 9.17) is 9.52 Å². The summed E-state index contributed by atoms with van der Waals surface area (Å²) in [5.74, 6) is -2.39. The van der Waals surface area contributed by atoms with Gasteiger partial charge in [-0.15, -0.1) is 0 Å². The molecule has 3 N–H and O–H groups in total. The van der Waals surface area contributed by atoms with Gasteiger partial charge in [-0.25, -0.2) is 17.9 Å². The van der Waals surface area contributed by atoms with Gasteiger partial charge < -0.3 is 14.8 Å². The Bertz CT molecular complexity index is 609. The third-order valence-corrected chi connectivity index (χ3v) is 4.41. The fraction of sp³-hybridized carbons (Fsp3) is 0.400. The number of carboxylic acid groups (broad SMARTS) is 1.